The first kappa shape index (κ1) is 13.5. The van der Waals surface area contributed by atoms with Crippen LogP contribution in [0.25, 0.3) is 0 Å². The lowest BCUT2D eigenvalue weighted by Gasteiger charge is -2.09. The van der Waals surface area contributed by atoms with E-state index >= 15 is 0 Å². The molecule has 5 nitrogen and oxygen atoms in total. The van der Waals surface area contributed by atoms with Gasteiger partial charge in [-0.3, -0.25) is 0 Å². The van der Waals surface area contributed by atoms with Crippen LogP contribution in [-0.2, 0) is 19.6 Å². The van der Waals surface area contributed by atoms with Crippen LogP contribution in [0.5, 0.6) is 5.75 Å². The topological polar surface area (TPSA) is 60.2 Å². The van der Waals surface area contributed by atoms with Crippen molar-refractivity contribution in [2.24, 2.45) is 0 Å². The van der Waals surface area contributed by atoms with Gasteiger partial charge in [-0.05, 0) is 25.2 Å². The molecule has 102 valence electrons. The summed E-state index contributed by atoms with van der Waals surface area (Å²) in [4.78, 5) is 0. The molecule has 0 aliphatic rings. The molecule has 0 aliphatic heterocycles. The molecule has 2 aromatic rings. The Morgan fingerprint density at radius 1 is 1.32 bits per heavy atom. The van der Waals surface area contributed by atoms with E-state index in [0.29, 0.717) is 30.5 Å². The highest BCUT2D eigenvalue weighted by Crippen LogP contribution is 2.20. The highest BCUT2D eigenvalue weighted by atomic mass is 19.1. The van der Waals surface area contributed by atoms with Gasteiger partial charge in [-0.2, -0.15) is 0 Å². The normalized spacial score (nSPS) is 10.7. The van der Waals surface area contributed by atoms with E-state index in [1.807, 2.05) is 6.92 Å². The molecule has 0 unspecified atom stereocenters. The van der Waals surface area contributed by atoms with Crippen LogP contribution in [0.1, 0.15) is 24.3 Å². The predicted octanol–water partition coefficient (Wildman–Crippen LogP) is 2.07. The van der Waals surface area contributed by atoms with Gasteiger partial charge in [0.1, 0.15) is 11.6 Å². The number of benzene rings is 1. The van der Waals surface area contributed by atoms with Crippen molar-refractivity contribution < 1.29 is 13.5 Å². The van der Waals surface area contributed by atoms with Crippen molar-refractivity contribution in [3.05, 3.63) is 41.4 Å². The number of aryl methyl sites for hydroxylation is 1. The first-order chi connectivity index (χ1) is 9.22. The fourth-order valence-electron chi connectivity index (χ4n) is 1.65. The second-order valence-corrected chi connectivity index (χ2v) is 4.01. The summed E-state index contributed by atoms with van der Waals surface area (Å²) < 4.78 is 24.1. The van der Waals surface area contributed by atoms with Gasteiger partial charge in [0.2, 0.25) is 5.89 Å². The standard InChI is InChI=1S/C13H16FN3O2/c1-3-12-16-17-13(19-12)8-18-11-5-4-10(14)6-9(11)7-15-2/h4-6,15H,3,7-8H2,1-2H3. The molecule has 0 amide bonds. The Morgan fingerprint density at radius 3 is 2.79 bits per heavy atom. The molecular formula is C13H16FN3O2. The molecule has 1 N–H and O–H groups in total. The van der Waals surface area contributed by atoms with E-state index in [2.05, 4.69) is 15.5 Å². The summed E-state index contributed by atoms with van der Waals surface area (Å²) >= 11 is 0. The second-order valence-electron chi connectivity index (χ2n) is 4.01. The summed E-state index contributed by atoms with van der Waals surface area (Å²) in [5.74, 6) is 1.31. The van der Waals surface area contributed by atoms with Crippen molar-refractivity contribution >= 4 is 0 Å². The van der Waals surface area contributed by atoms with Crippen LogP contribution in [0.2, 0.25) is 0 Å². The molecule has 0 spiro atoms. The Labute approximate surface area is 110 Å². The molecule has 1 aromatic heterocycles. The van der Waals surface area contributed by atoms with Crippen molar-refractivity contribution in [1.29, 1.82) is 0 Å². The van der Waals surface area contributed by atoms with Gasteiger partial charge in [-0.15, -0.1) is 10.2 Å². The number of aromatic nitrogens is 2. The van der Waals surface area contributed by atoms with Gasteiger partial charge in [0.15, 0.2) is 6.61 Å². The minimum Gasteiger partial charge on any atom is -0.483 e. The zero-order valence-corrected chi connectivity index (χ0v) is 10.9. The number of nitrogens with zero attached hydrogens (tertiary/aromatic N) is 2. The Balaban J connectivity index is 2.05. The Hall–Kier alpha value is -1.95. The molecule has 6 heteroatoms. The Kier molecular flexibility index (Phi) is 4.46. The van der Waals surface area contributed by atoms with Crippen LogP contribution >= 0.6 is 0 Å². The van der Waals surface area contributed by atoms with E-state index in [4.69, 9.17) is 9.15 Å². The molecule has 2 rings (SSSR count). The molecule has 0 saturated carbocycles. The third-order valence-electron chi connectivity index (χ3n) is 2.55. The monoisotopic (exact) mass is 265 g/mol. The van der Waals surface area contributed by atoms with Gasteiger partial charge in [-0.25, -0.2) is 4.39 Å². The van der Waals surface area contributed by atoms with Crippen molar-refractivity contribution in [2.45, 2.75) is 26.5 Å². The fraction of sp³-hybridized carbons (Fsp3) is 0.385. The summed E-state index contributed by atoms with van der Waals surface area (Å²) in [6.07, 6.45) is 0.689. The van der Waals surface area contributed by atoms with Gasteiger partial charge in [0.25, 0.3) is 5.89 Å². The summed E-state index contributed by atoms with van der Waals surface area (Å²) in [6, 6.07) is 4.40. The van der Waals surface area contributed by atoms with E-state index in [1.54, 1.807) is 13.1 Å². The van der Waals surface area contributed by atoms with Gasteiger partial charge < -0.3 is 14.5 Å². The minimum atomic E-state index is -0.288. The highest BCUT2D eigenvalue weighted by Gasteiger charge is 2.08. The molecule has 0 atom stereocenters. The zero-order chi connectivity index (χ0) is 13.7. The molecule has 0 fully saturated rings. The largest absolute Gasteiger partial charge is 0.483 e. The molecule has 19 heavy (non-hydrogen) atoms. The van der Waals surface area contributed by atoms with Crippen LogP contribution in [0, 0.1) is 5.82 Å². The summed E-state index contributed by atoms with van der Waals surface area (Å²) in [6.45, 7) is 2.63. The lowest BCUT2D eigenvalue weighted by molar-refractivity contribution is 0.256. The first-order valence-electron chi connectivity index (χ1n) is 6.10. The molecule has 0 saturated heterocycles. The maximum Gasteiger partial charge on any atom is 0.253 e. The van der Waals surface area contributed by atoms with Crippen molar-refractivity contribution in [2.75, 3.05) is 7.05 Å². The number of ether oxygens (including phenoxy) is 1. The van der Waals surface area contributed by atoms with Crippen molar-refractivity contribution in [1.82, 2.24) is 15.5 Å². The maximum absolute atomic E-state index is 13.2. The van der Waals surface area contributed by atoms with Crippen LogP contribution < -0.4 is 10.1 Å². The number of nitrogens with one attached hydrogen (secondary N) is 1. The summed E-state index contributed by atoms with van der Waals surface area (Å²) in [5.41, 5.74) is 0.748. The van der Waals surface area contributed by atoms with Crippen LogP contribution in [0.3, 0.4) is 0 Å². The minimum absolute atomic E-state index is 0.176. The summed E-state index contributed by atoms with van der Waals surface area (Å²) in [7, 11) is 1.79. The van der Waals surface area contributed by atoms with Crippen molar-refractivity contribution in [3.63, 3.8) is 0 Å². The second kappa shape index (κ2) is 6.29. The smallest absolute Gasteiger partial charge is 0.253 e. The van der Waals surface area contributed by atoms with E-state index < -0.39 is 0 Å². The lowest BCUT2D eigenvalue weighted by Crippen LogP contribution is -2.08. The third kappa shape index (κ3) is 3.51. The van der Waals surface area contributed by atoms with Gasteiger partial charge in [-0.1, -0.05) is 6.92 Å². The van der Waals surface area contributed by atoms with Gasteiger partial charge >= 0.3 is 0 Å². The van der Waals surface area contributed by atoms with E-state index in [0.717, 1.165) is 5.56 Å². The Morgan fingerprint density at radius 2 is 2.11 bits per heavy atom. The van der Waals surface area contributed by atoms with Gasteiger partial charge in [0, 0.05) is 18.5 Å². The van der Waals surface area contributed by atoms with Crippen LogP contribution in [0.15, 0.2) is 22.6 Å². The third-order valence-corrected chi connectivity index (χ3v) is 2.55. The van der Waals surface area contributed by atoms with E-state index in [-0.39, 0.29) is 12.4 Å². The molecule has 0 aliphatic carbocycles. The average molecular weight is 265 g/mol. The summed E-state index contributed by atoms with van der Waals surface area (Å²) in [5, 5.41) is 10.7. The quantitative estimate of drug-likeness (QED) is 0.866. The SMILES string of the molecule is CCc1nnc(COc2ccc(F)cc2CNC)o1. The number of rotatable bonds is 6. The number of halogens is 1. The zero-order valence-electron chi connectivity index (χ0n) is 10.9. The first-order valence-corrected chi connectivity index (χ1v) is 6.10. The van der Waals surface area contributed by atoms with Crippen LogP contribution in [0.4, 0.5) is 4.39 Å². The predicted molar refractivity (Wildman–Crippen MR) is 67.2 cm³/mol. The fourth-order valence-corrected chi connectivity index (χ4v) is 1.65. The highest BCUT2D eigenvalue weighted by molar-refractivity contribution is 5.33. The molecular weight excluding hydrogens is 249 g/mol. The Bertz CT molecular complexity index is 542. The number of hydrogen-bond acceptors (Lipinski definition) is 5. The molecule has 0 radical (unpaired) electrons. The van der Waals surface area contributed by atoms with Gasteiger partial charge in [0.05, 0.1) is 0 Å². The molecule has 1 heterocycles. The van der Waals surface area contributed by atoms with Crippen LogP contribution in [-0.4, -0.2) is 17.2 Å². The molecule has 1 aromatic carbocycles. The maximum atomic E-state index is 13.2. The number of hydrogen-bond donors (Lipinski definition) is 1. The molecule has 0 bridgehead atoms. The average Bonchev–Trinajstić information content (AvgIpc) is 2.86. The van der Waals surface area contributed by atoms with E-state index in [9.17, 15) is 4.39 Å². The lowest BCUT2D eigenvalue weighted by atomic mass is 10.2. The van der Waals surface area contributed by atoms with E-state index in [1.165, 1.54) is 12.1 Å². The van der Waals surface area contributed by atoms with Crippen molar-refractivity contribution in [3.8, 4) is 5.75 Å².